The maximum atomic E-state index is 5.90. The number of hydrazine groups is 1. The van der Waals surface area contributed by atoms with Crippen LogP contribution in [0.25, 0.3) is 0 Å². The zero-order valence-electron chi connectivity index (χ0n) is 10.3. The Balaban J connectivity index is 1.86. The predicted molar refractivity (Wildman–Crippen MR) is 71.6 cm³/mol. The van der Waals surface area contributed by atoms with Crippen molar-refractivity contribution in [3.05, 3.63) is 29.3 Å². The maximum Gasteiger partial charge on any atom is 0.120 e. The van der Waals surface area contributed by atoms with Crippen LogP contribution in [-0.2, 0) is 4.74 Å². The second-order valence-corrected chi connectivity index (χ2v) is 4.96. The summed E-state index contributed by atoms with van der Waals surface area (Å²) in [5, 5.41) is 0.672. The molecule has 2 atom stereocenters. The third-order valence-electron chi connectivity index (χ3n) is 3.20. The van der Waals surface area contributed by atoms with Crippen molar-refractivity contribution in [2.24, 2.45) is 11.8 Å². The van der Waals surface area contributed by atoms with Gasteiger partial charge in [0.2, 0.25) is 0 Å². The van der Waals surface area contributed by atoms with E-state index in [1.54, 1.807) is 6.07 Å². The van der Waals surface area contributed by atoms with Crippen molar-refractivity contribution in [2.75, 3.05) is 19.8 Å². The number of benzene rings is 1. The molecule has 100 valence electrons. The summed E-state index contributed by atoms with van der Waals surface area (Å²) in [7, 11) is 0. The summed E-state index contributed by atoms with van der Waals surface area (Å²) in [6.07, 6.45) is 2.20. The predicted octanol–water partition coefficient (Wildman–Crippen LogP) is 1.98. The first-order valence-electron chi connectivity index (χ1n) is 6.22. The standard InChI is InChI=1S/C13H19ClN2O2/c14-11-4-1-5-12(7-11)18-9-13(16-15)10-3-2-6-17-8-10/h1,4-5,7,10,13,16H,2-3,6,8-9,15H2. The van der Waals surface area contributed by atoms with Crippen LogP contribution >= 0.6 is 11.6 Å². The van der Waals surface area contributed by atoms with Gasteiger partial charge >= 0.3 is 0 Å². The van der Waals surface area contributed by atoms with Gasteiger partial charge in [-0.3, -0.25) is 11.3 Å². The number of rotatable bonds is 5. The minimum Gasteiger partial charge on any atom is -0.492 e. The Labute approximate surface area is 112 Å². The SMILES string of the molecule is NNC(COc1cccc(Cl)c1)C1CCCOC1. The molecule has 0 saturated carbocycles. The average molecular weight is 271 g/mol. The quantitative estimate of drug-likeness (QED) is 0.635. The van der Waals surface area contributed by atoms with Gasteiger partial charge in [0.05, 0.1) is 12.6 Å². The number of hydrogen-bond donors (Lipinski definition) is 2. The molecule has 1 aromatic rings. The largest absolute Gasteiger partial charge is 0.492 e. The molecule has 0 spiro atoms. The maximum absolute atomic E-state index is 5.90. The first-order chi connectivity index (χ1) is 8.79. The highest BCUT2D eigenvalue weighted by Crippen LogP contribution is 2.20. The number of nitrogens with one attached hydrogen (secondary N) is 1. The Morgan fingerprint density at radius 1 is 1.56 bits per heavy atom. The minimum atomic E-state index is 0.101. The molecule has 1 fully saturated rings. The monoisotopic (exact) mass is 270 g/mol. The van der Waals surface area contributed by atoms with E-state index in [-0.39, 0.29) is 6.04 Å². The molecular formula is C13H19ClN2O2. The van der Waals surface area contributed by atoms with Crippen molar-refractivity contribution < 1.29 is 9.47 Å². The molecule has 1 aromatic carbocycles. The van der Waals surface area contributed by atoms with E-state index in [9.17, 15) is 0 Å². The van der Waals surface area contributed by atoms with Crippen LogP contribution in [0.1, 0.15) is 12.8 Å². The summed E-state index contributed by atoms with van der Waals surface area (Å²) in [6.45, 7) is 2.11. The van der Waals surface area contributed by atoms with Crippen molar-refractivity contribution in [1.82, 2.24) is 5.43 Å². The van der Waals surface area contributed by atoms with Crippen molar-refractivity contribution >= 4 is 11.6 Å². The normalized spacial score (nSPS) is 21.6. The van der Waals surface area contributed by atoms with E-state index in [4.69, 9.17) is 26.9 Å². The van der Waals surface area contributed by atoms with Crippen molar-refractivity contribution in [3.8, 4) is 5.75 Å². The zero-order chi connectivity index (χ0) is 12.8. The summed E-state index contributed by atoms with van der Waals surface area (Å²) >= 11 is 5.90. The van der Waals surface area contributed by atoms with Crippen molar-refractivity contribution in [3.63, 3.8) is 0 Å². The van der Waals surface area contributed by atoms with Gasteiger partial charge in [-0.05, 0) is 31.0 Å². The first-order valence-corrected chi connectivity index (χ1v) is 6.59. The van der Waals surface area contributed by atoms with Gasteiger partial charge in [0, 0.05) is 17.5 Å². The fourth-order valence-corrected chi connectivity index (χ4v) is 2.33. The molecule has 0 radical (unpaired) electrons. The Hall–Kier alpha value is -0.810. The summed E-state index contributed by atoms with van der Waals surface area (Å²) in [5.41, 5.74) is 2.82. The van der Waals surface area contributed by atoms with E-state index >= 15 is 0 Å². The number of nitrogens with two attached hydrogens (primary N) is 1. The summed E-state index contributed by atoms with van der Waals surface area (Å²) in [6, 6.07) is 7.47. The molecule has 1 heterocycles. The van der Waals surface area contributed by atoms with Gasteiger partial charge in [-0.25, -0.2) is 0 Å². The van der Waals surface area contributed by atoms with E-state index in [0.717, 1.165) is 31.8 Å². The van der Waals surface area contributed by atoms with E-state index in [0.29, 0.717) is 17.5 Å². The molecule has 5 heteroatoms. The van der Waals surface area contributed by atoms with Crippen molar-refractivity contribution in [1.29, 1.82) is 0 Å². The van der Waals surface area contributed by atoms with Crippen LogP contribution in [0.5, 0.6) is 5.75 Å². The van der Waals surface area contributed by atoms with Crippen LogP contribution in [0.3, 0.4) is 0 Å². The average Bonchev–Trinajstić information content (AvgIpc) is 2.41. The van der Waals surface area contributed by atoms with Crippen molar-refractivity contribution in [2.45, 2.75) is 18.9 Å². The van der Waals surface area contributed by atoms with Gasteiger partial charge in [-0.1, -0.05) is 17.7 Å². The lowest BCUT2D eigenvalue weighted by Gasteiger charge is -2.29. The van der Waals surface area contributed by atoms with Crippen LogP contribution in [0.4, 0.5) is 0 Å². The molecule has 1 saturated heterocycles. The Morgan fingerprint density at radius 3 is 3.11 bits per heavy atom. The van der Waals surface area contributed by atoms with Gasteiger partial charge in [-0.2, -0.15) is 0 Å². The number of ether oxygens (including phenoxy) is 2. The smallest absolute Gasteiger partial charge is 0.120 e. The fourth-order valence-electron chi connectivity index (χ4n) is 2.15. The topological polar surface area (TPSA) is 56.5 Å². The highest BCUT2D eigenvalue weighted by atomic mass is 35.5. The molecule has 0 bridgehead atoms. The van der Waals surface area contributed by atoms with Crippen LogP contribution in [-0.4, -0.2) is 25.9 Å². The van der Waals surface area contributed by atoms with Crippen LogP contribution in [0.15, 0.2) is 24.3 Å². The van der Waals surface area contributed by atoms with Gasteiger partial charge in [0.1, 0.15) is 12.4 Å². The minimum absolute atomic E-state index is 0.101. The van der Waals surface area contributed by atoms with E-state index < -0.39 is 0 Å². The Bertz CT molecular complexity index is 370. The molecule has 2 rings (SSSR count). The highest BCUT2D eigenvalue weighted by Gasteiger charge is 2.23. The lowest BCUT2D eigenvalue weighted by Crippen LogP contribution is -2.47. The van der Waals surface area contributed by atoms with Gasteiger partial charge < -0.3 is 9.47 Å². The molecule has 2 unspecified atom stereocenters. The molecule has 1 aliphatic rings. The van der Waals surface area contributed by atoms with E-state index in [1.807, 2.05) is 18.2 Å². The fraction of sp³-hybridized carbons (Fsp3) is 0.538. The number of hydrogen-bond acceptors (Lipinski definition) is 4. The Kier molecular flexibility index (Phi) is 5.26. The zero-order valence-corrected chi connectivity index (χ0v) is 11.0. The number of halogens is 1. The summed E-state index contributed by atoms with van der Waals surface area (Å²) in [5.74, 6) is 6.75. The van der Waals surface area contributed by atoms with Gasteiger partial charge in [0.25, 0.3) is 0 Å². The summed E-state index contributed by atoms with van der Waals surface area (Å²) in [4.78, 5) is 0. The molecule has 1 aliphatic heterocycles. The highest BCUT2D eigenvalue weighted by molar-refractivity contribution is 6.30. The lowest BCUT2D eigenvalue weighted by atomic mass is 9.95. The molecule has 0 amide bonds. The lowest BCUT2D eigenvalue weighted by molar-refractivity contribution is 0.0307. The van der Waals surface area contributed by atoms with Crippen LogP contribution in [0, 0.1) is 5.92 Å². The van der Waals surface area contributed by atoms with Gasteiger partial charge in [-0.15, -0.1) is 0 Å². The Morgan fingerprint density at radius 2 is 2.44 bits per heavy atom. The van der Waals surface area contributed by atoms with E-state index in [1.165, 1.54) is 0 Å². The molecule has 3 N–H and O–H groups in total. The van der Waals surface area contributed by atoms with Crippen LogP contribution in [0.2, 0.25) is 5.02 Å². The van der Waals surface area contributed by atoms with E-state index in [2.05, 4.69) is 5.43 Å². The molecule has 4 nitrogen and oxygen atoms in total. The third-order valence-corrected chi connectivity index (χ3v) is 3.44. The molecule has 0 aromatic heterocycles. The first kappa shape index (κ1) is 13.6. The third kappa shape index (κ3) is 3.85. The second-order valence-electron chi connectivity index (χ2n) is 4.52. The summed E-state index contributed by atoms with van der Waals surface area (Å²) < 4.78 is 11.2. The van der Waals surface area contributed by atoms with Crippen LogP contribution < -0.4 is 16.0 Å². The van der Waals surface area contributed by atoms with Gasteiger partial charge in [0.15, 0.2) is 0 Å². The molecule has 0 aliphatic carbocycles. The molecule has 18 heavy (non-hydrogen) atoms. The second kappa shape index (κ2) is 6.95. The molecular weight excluding hydrogens is 252 g/mol.